The molecule has 2 heterocycles. The molecule has 0 unspecified atom stereocenters. The van der Waals surface area contributed by atoms with E-state index in [1.165, 1.54) is 53.7 Å². The van der Waals surface area contributed by atoms with E-state index in [-0.39, 0.29) is 0 Å². The third-order valence-electron chi connectivity index (χ3n) is 6.85. The Bertz CT molecular complexity index is 1320. The van der Waals surface area contributed by atoms with Gasteiger partial charge in [-0.3, -0.25) is 0 Å². The summed E-state index contributed by atoms with van der Waals surface area (Å²) in [5, 5.41) is 2.50. The van der Waals surface area contributed by atoms with E-state index in [0.717, 1.165) is 0 Å². The van der Waals surface area contributed by atoms with Gasteiger partial charge < -0.3 is 9.80 Å². The van der Waals surface area contributed by atoms with E-state index < -0.39 is 0 Å². The van der Waals surface area contributed by atoms with Crippen molar-refractivity contribution in [3.8, 4) is 0 Å². The number of hydrogen-bond donors (Lipinski definition) is 0. The van der Waals surface area contributed by atoms with Crippen LogP contribution < -0.4 is 9.80 Å². The van der Waals surface area contributed by atoms with Crippen molar-refractivity contribution in [2.24, 2.45) is 0 Å². The monoisotopic (exact) mass is 506 g/mol. The summed E-state index contributed by atoms with van der Waals surface area (Å²) in [5.74, 6) is 1.03. The second-order valence-corrected chi connectivity index (χ2v) is 12.0. The van der Waals surface area contributed by atoms with Crippen molar-refractivity contribution in [3.05, 3.63) is 118 Å². The molecule has 2 nitrogen and oxygen atoms in total. The van der Waals surface area contributed by atoms with Crippen molar-refractivity contribution in [3.63, 3.8) is 0 Å². The number of para-hydroxylation sites is 2. The Labute approximate surface area is 223 Å². The van der Waals surface area contributed by atoms with E-state index in [0.29, 0.717) is 11.8 Å². The minimum absolute atomic E-state index is 0.515. The van der Waals surface area contributed by atoms with Crippen molar-refractivity contribution in [2.45, 2.75) is 49.3 Å². The molecule has 0 amide bonds. The van der Waals surface area contributed by atoms with E-state index in [1.54, 1.807) is 0 Å². The number of hydrogen-bond acceptors (Lipinski definition) is 4. The smallest absolute Gasteiger partial charge is 0.116 e. The molecule has 0 radical (unpaired) electrons. The molecule has 0 saturated carbocycles. The number of thioether (sulfide) groups is 2. The number of nitrogens with zero attached hydrogens (tertiary/aromatic N) is 2. The lowest BCUT2D eigenvalue weighted by atomic mass is 10.0. The summed E-state index contributed by atoms with van der Waals surface area (Å²) in [6.07, 6.45) is 0. The van der Waals surface area contributed by atoms with Crippen LogP contribution in [0.5, 0.6) is 0 Å². The van der Waals surface area contributed by atoms with Crippen LogP contribution in [0.2, 0.25) is 0 Å². The van der Waals surface area contributed by atoms with Crippen LogP contribution in [0.25, 0.3) is 0 Å². The van der Waals surface area contributed by atoms with E-state index in [2.05, 4.69) is 135 Å². The van der Waals surface area contributed by atoms with Crippen LogP contribution in [0.4, 0.5) is 22.7 Å². The second kappa shape index (κ2) is 9.42. The lowest BCUT2D eigenvalue weighted by Gasteiger charge is -2.27. The summed E-state index contributed by atoms with van der Waals surface area (Å²) >= 11 is 3.73. The molecule has 4 aromatic carbocycles. The maximum absolute atomic E-state index is 2.44. The van der Waals surface area contributed by atoms with Crippen LogP contribution in [0.15, 0.2) is 117 Å². The normalized spacial score (nSPS) is 16.7. The van der Waals surface area contributed by atoms with Crippen molar-refractivity contribution in [2.75, 3.05) is 9.80 Å². The van der Waals surface area contributed by atoms with E-state index in [9.17, 15) is 0 Å². The average Bonchev–Trinajstić information content (AvgIpc) is 3.47. The molecule has 2 aliphatic heterocycles. The fourth-order valence-electron chi connectivity index (χ4n) is 4.78. The molecule has 0 aromatic heterocycles. The van der Waals surface area contributed by atoms with E-state index in [4.69, 9.17) is 0 Å². The first kappa shape index (κ1) is 23.3. The highest BCUT2D eigenvalue weighted by Gasteiger charge is 2.36. The largest absolute Gasteiger partial charge is 0.301 e. The van der Waals surface area contributed by atoms with Gasteiger partial charge in [-0.15, -0.1) is 0 Å². The Kier molecular flexibility index (Phi) is 6.10. The summed E-state index contributed by atoms with van der Waals surface area (Å²) in [6.45, 7) is 8.99. The highest BCUT2D eigenvalue weighted by molar-refractivity contribution is 8.07. The highest BCUT2D eigenvalue weighted by Crippen LogP contribution is 2.58. The van der Waals surface area contributed by atoms with Crippen LogP contribution >= 0.6 is 23.5 Å². The fraction of sp³-hybridized carbons (Fsp3) is 0.188. The van der Waals surface area contributed by atoms with E-state index in [1.807, 2.05) is 23.5 Å². The van der Waals surface area contributed by atoms with Gasteiger partial charge in [0.25, 0.3) is 0 Å². The minimum Gasteiger partial charge on any atom is -0.301 e. The number of anilines is 4. The van der Waals surface area contributed by atoms with Crippen molar-refractivity contribution >= 4 is 46.3 Å². The van der Waals surface area contributed by atoms with Crippen LogP contribution in [-0.2, 0) is 0 Å². The van der Waals surface area contributed by atoms with Gasteiger partial charge in [-0.1, -0.05) is 99.7 Å². The van der Waals surface area contributed by atoms with Gasteiger partial charge in [-0.05, 0) is 71.5 Å². The van der Waals surface area contributed by atoms with Gasteiger partial charge in [0.15, 0.2) is 0 Å². The van der Waals surface area contributed by atoms with Crippen LogP contribution in [0.3, 0.4) is 0 Å². The Balaban J connectivity index is 1.52. The highest BCUT2D eigenvalue weighted by atomic mass is 32.2. The second-order valence-electron chi connectivity index (χ2n) is 9.91. The summed E-state index contributed by atoms with van der Waals surface area (Å²) in [4.78, 5) is 7.46. The summed E-state index contributed by atoms with van der Waals surface area (Å²) in [6, 6.07) is 35.7. The molecule has 4 heteroatoms. The molecule has 0 atom stereocenters. The third-order valence-corrected chi connectivity index (χ3v) is 9.25. The standard InChI is InChI=1S/C32H30N2S2/c1-21(2)23-13-17-25(18-14-23)33-27-9-5-7-11-29(27)35-31(33)32-34(28-10-6-8-12-30(28)36-32)26-19-15-24(16-20-26)22(3)4/h5-22H,1-4H3/b32-31+. The van der Waals surface area contributed by atoms with Gasteiger partial charge in [0.2, 0.25) is 0 Å². The first-order chi connectivity index (χ1) is 17.5. The zero-order valence-corrected chi connectivity index (χ0v) is 22.7. The molecule has 0 N–H and O–H groups in total. The Hall–Kier alpha value is -3.08. The topological polar surface area (TPSA) is 6.48 Å². The Morgan fingerprint density at radius 3 is 1.19 bits per heavy atom. The minimum atomic E-state index is 0.515. The lowest BCUT2D eigenvalue weighted by molar-refractivity contribution is 0.866. The van der Waals surface area contributed by atoms with E-state index >= 15 is 0 Å². The quantitative estimate of drug-likeness (QED) is 0.271. The van der Waals surface area contributed by atoms with Gasteiger partial charge in [0.05, 0.1) is 11.4 Å². The molecule has 180 valence electrons. The first-order valence-corrected chi connectivity index (χ1v) is 14.2. The number of benzene rings is 4. The van der Waals surface area contributed by atoms with Gasteiger partial charge in [0, 0.05) is 21.2 Å². The number of fused-ring (bicyclic) bond motifs is 2. The SMILES string of the molecule is CC(C)c1ccc(N2/C(=C3\Sc4ccccc4N3c3ccc(C(C)C)cc3)Sc3ccccc32)cc1. The molecule has 0 fully saturated rings. The van der Waals surface area contributed by atoms with Crippen molar-refractivity contribution < 1.29 is 0 Å². The zero-order valence-electron chi connectivity index (χ0n) is 21.1. The van der Waals surface area contributed by atoms with Crippen molar-refractivity contribution in [1.29, 1.82) is 0 Å². The molecule has 0 bridgehead atoms. The molecule has 6 rings (SSSR count). The molecular formula is C32H30N2S2. The van der Waals surface area contributed by atoms with Gasteiger partial charge in [-0.2, -0.15) is 0 Å². The van der Waals surface area contributed by atoms with Crippen molar-refractivity contribution in [1.82, 2.24) is 0 Å². The molecular weight excluding hydrogens is 477 g/mol. The first-order valence-electron chi connectivity index (χ1n) is 12.6. The van der Waals surface area contributed by atoms with Gasteiger partial charge >= 0.3 is 0 Å². The van der Waals surface area contributed by atoms with Gasteiger partial charge in [-0.25, -0.2) is 0 Å². The van der Waals surface area contributed by atoms with Crippen LogP contribution in [-0.4, -0.2) is 0 Å². The maximum Gasteiger partial charge on any atom is 0.116 e. The summed E-state index contributed by atoms with van der Waals surface area (Å²) in [7, 11) is 0. The Morgan fingerprint density at radius 2 is 0.833 bits per heavy atom. The molecule has 0 saturated heterocycles. The predicted molar refractivity (Wildman–Crippen MR) is 157 cm³/mol. The summed E-state index contributed by atoms with van der Waals surface area (Å²) < 4.78 is 0. The fourth-order valence-corrected chi connectivity index (χ4v) is 7.22. The average molecular weight is 507 g/mol. The molecule has 0 aliphatic carbocycles. The lowest BCUT2D eigenvalue weighted by Crippen LogP contribution is -2.18. The Morgan fingerprint density at radius 1 is 0.472 bits per heavy atom. The molecule has 0 spiro atoms. The predicted octanol–water partition coefficient (Wildman–Crippen LogP) is 10.2. The zero-order chi connectivity index (χ0) is 24.8. The van der Waals surface area contributed by atoms with Crippen LogP contribution in [0.1, 0.15) is 50.7 Å². The number of rotatable bonds is 4. The molecule has 2 aliphatic rings. The molecule has 4 aromatic rings. The van der Waals surface area contributed by atoms with Gasteiger partial charge in [0.1, 0.15) is 10.1 Å². The maximum atomic E-state index is 2.44. The molecule has 36 heavy (non-hydrogen) atoms. The third kappa shape index (κ3) is 4.03. The summed E-state index contributed by atoms with van der Waals surface area (Å²) in [5.41, 5.74) is 7.62. The van der Waals surface area contributed by atoms with Crippen LogP contribution in [0, 0.1) is 0 Å².